The maximum Gasteiger partial charge on any atom is 0.253 e. The lowest BCUT2D eigenvalue weighted by atomic mass is 10.1. The third kappa shape index (κ3) is 10.4. The largest absolute Gasteiger partial charge is 0.352 e. The van der Waals surface area contributed by atoms with Crippen LogP contribution in [0.15, 0.2) is 109 Å². The molecule has 0 aromatic heterocycles. The van der Waals surface area contributed by atoms with Gasteiger partial charge >= 0.3 is 0 Å². The molecule has 0 unspecified atom stereocenters. The Morgan fingerprint density at radius 2 is 0.833 bits per heavy atom. The van der Waals surface area contributed by atoms with E-state index in [4.69, 9.17) is 0 Å². The lowest BCUT2D eigenvalue weighted by molar-refractivity contribution is 0.0943. The maximum atomic E-state index is 13.1. The zero-order chi connectivity index (χ0) is 34.6. The average Bonchev–Trinajstić information content (AvgIpc) is 3.07. The van der Waals surface area contributed by atoms with E-state index in [1.807, 2.05) is 60.7 Å². The summed E-state index contributed by atoms with van der Waals surface area (Å²) in [5.41, 5.74) is 2.80. The topological polar surface area (TPSA) is 133 Å². The first kappa shape index (κ1) is 36.2. The summed E-state index contributed by atoms with van der Waals surface area (Å²) in [7, 11) is -7.33. The van der Waals surface area contributed by atoms with Crippen molar-refractivity contribution in [3.63, 3.8) is 0 Å². The highest BCUT2D eigenvalue weighted by Gasteiger charge is 2.24. The van der Waals surface area contributed by atoms with E-state index in [1.165, 1.54) is 8.61 Å². The molecule has 48 heavy (non-hydrogen) atoms. The third-order valence-corrected chi connectivity index (χ3v) is 9.90. The molecule has 2 N–H and O–H groups in total. The van der Waals surface area contributed by atoms with Crippen molar-refractivity contribution < 1.29 is 26.4 Å². The van der Waals surface area contributed by atoms with Crippen LogP contribution in [0.25, 0.3) is 0 Å². The predicted molar refractivity (Wildman–Crippen MR) is 191 cm³/mol. The number of anilines is 2. The Kier molecular flexibility index (Phi) is 12.8. The van der Waals surface area contributed by atoms with E-state index in [0.717, 1.165) is 36.5 Å². The fourth-order valence-corrected chi connectivity index (χ4v) is 7.02. The first-order valence-electron chi connectivity index (χ1n) is 15.7. The Morgan fingerprint density at radius 1 is 0.500 bits per heavy atom. The van der Waals surface area contributed by atoms with Crippen LogP contribution >= 0.6 is 0 Å². The van der Waals surface area contributed by atoms with E-state index in [9.17, 15) is 26.4 Å². The van der Waals surface area contributed by atoms with E-state index in [2.05, 4.69) is 10.6 Å². The molecule has 0 radical (unpaired) electrons. The minimum Gasteiger partial charge on any atom is -0.352 e. The molecule has 10 nitrogen and oxygen atoms in total. The number of sulfonamides is 2. The van der Waals surface area contributed by atoms with E-state index >= 15 is 0 Å². The van der Waals surface area contributed by atoms with Gasteiger partial charge in [0.05, 0.1) is 48.1 Å². The number of nitrogens with zero attached hydrogens (tertiary/aromatic N) is 2. The summed E-state index contributed by atoms with van der Waals surface area (Å²) in [5.74, 6) is -0.706. The molecule has 0 bridgehead atoms. The predicted octanol–water partition coefficient (Wildman–Crippen LogP) is 5.34. The Morgan fingerprint density at radius 3 is 1.19 bits per heavy atom. The molecule has 0 atom stereocenters. The van der Waals surface area contributed by atoms with Gasteiger partial charge in [-0.2, -0.15) is 0 Å². The standard InChI is InChI=1S/C36H42N4O6S2/c1-47(43,44)39(27-29-17-7-5-8-18-29)33-23-13-11-21-31(33)35(41)37-25-15-3-4-16-26-38-36(42)32-22-12-14-24-34(32)40(48(2,45)46)28-30-19-9-6-10-20-30/h5-14,17-24H,3-4,15-16,25-28H2,1-2H3,(H,37,41)(H,38,42). The third-order valence-electron chi connectivity index (χ3n) is 7.65. The van der Waals surface area contributed by atoms with Crippen molar-refractivity contribution in [1.82, 2.24) is 10.6 Å². The summed E-state index contributed by atoms with van der Waals surface area (Å²) in [5, 5.41) is 5.80. The van der Waals surface area contributed by atoms with E-state index in [-0.39, 0.29) is 36.0 Å². The minimum atomic E-state index is -3.67. The summed E-state index contributed by atoms with van der Waals surface area (Å²) in [6, 6.07) is 31.7. The van der Waals surface area contributed by atoms with Gasteiger partial charge in [0.1, 0.15) is 0 Å². The molecule has 4 aromatic carbocycles. The molecule has 0 saturated heterocycles. The highest BCUT2D eigenvalue weighted by molar-refractivity contribution is 7.92. The summed E-state index contributed by atoms with van der Waals surface area (Å²) in [4.78, 5) is 26.2. The van der Waals surface area contributed by atoms with Crippen molar-refractivity contribution in [2.75, 3.05) is 34.2 Å². The second-order valence-electron chi connectivity index (χ2n) is 11.5. The Bertz CT molecular complexity index is 1750. The number of benzene rings is 4. The van der Waals surface area contributed by atoms with Crippen molar-refractivity contribution in [3.05, 3.63) is 131 Å². The molecule has 0 aliphatic rings. The van der Waals surface area contributed by atoms with Gasteiger partial charge in [0.25, 0.3) is 11.8 Å². The Labute approximate surface area is 283 Å². The van der Waals surface area contributed by atoms with Crippen LogP contribution in [-0.2, 0) is 33.1 Å². The van der Waals surface area contributed by atoms with Gasteiger partial charge in [0, 0.05) is 13.1 Å². The summed E-state index contributed by atoms with van der Waals surface area (Å²) in [6.45, 7) is 1.03. The fraction of sp³-hybridized carbons (Fsp3) is 0.278. The number of carbonyl (C=O) groups excluding carboxylic acids is 2. The number of hydrogen-bond donors (Lipinski definition) is 2. The second-order valence-corrected chi connectivity index (χ2v) is 15.3. The number of carbonyl (C=O) groups is 2. The Hall–Kier alpha value is -4.68. The van der Waals surface area contributed by atoms with Gasteiger partial charge in [-0.05, 0) is 48.2 Å². The summed E-state index contributed by atoms with van der Waals surface area (Å²) >= 11 is 0. The first-order valence-corrected chi connectivity index (χ1v) is 19.4. The van der Waals surface area contributed by atoms with Crippen LogP contribution in [0, 0.1) is 0 Å². The highest BCUT2D eigenvalue weighted by Crippen LogP contribution is 2.26. The molecule has 12 heteroatoms. The number of unbranched alkanes of at least 4 members (excludes halogenated alkanes) is 3. The lowest BCUT2D eigenvalue weighted by Crippen LogP contribution is -2.33. The smallest absolute Gasteiger partial charge is 0.253 e. The van der Waals surface area contributed by atoms with E-state index in [1.54, 1.807) is 48.5 Å². The molecule has 2 amide bonds. The molecule has 0 fully saturated rings. The average molecular weight is 691 g/mol. The van der Waals surface area contributed by atoms with Crippen molar-refractivity contribution in [1.29, 1.82) is 0 Å². The maximum absolute atomic E-state index is 13.1. The number of rotatable bonds is 17. The van der Waals surface area contributed by atoms with Crippen molar-refractivity contribution in [2.24, 2.45) is 0 Å². The van der Waals surface area contributed by atoms with Gasteiger partial charge in [0.2, 0.25) is 20.0 Å². The van der Waals surface area contributed by atoms with Gasteiger partial charge in [-0.1, -0.05) is 97.8 Å². The van der Waals surface area contributed by atoms with Crippen LogP contribution in [0.5, 0.6) is 0 Å². The molecular weight excluding hydrogens is 649 g/mol. The molecular formula is C36H42N4O6S2. The molecule has 4 aromatic rings. The van der Waals surface area contributed by atoms with Crippen LogP contribution < -0.4 is 19.2 Å². The van der Waals surface area contributed by atoms with Crippen molar-refractivity contribution in [2.45, 2.75) is 38.8 Å². The van der Waals surface area contributed by atoms with Gasteiger partial charge in [-0.3, -0.25) is 18.2 Å². The Balaban J connectivity index is 1.25. The number of hydrogen-bond acceptors (Lipinski definition) is 6. The van der Waals surface area contributed by atoms with Gasteiger partial charge in [-0.25, -0.2) is 16.8 Å². The molecule has 0 saturated carbocycles. The van der Waals surface area contributed by atoms with Gasteiger partial charge < -0.3 is 10.6 Å². The fourth-order valence-electron chi connectivity index (χ4n) is 5.22. The van der Waals surface area contributed by atoms with E-state index in [0.29, 0.717) is 37.3 Å². The van der Waals surface area contributed by atoms with E-state index < -0.39 is 20.0 Å². The number of nitrogens with one attached hydrogen (secondary N) is 2. The van der Waals surface area contributed by atoms with Crippen LogP contribution in [0.1, 0.15) is 57.5 Å². The molecule has 4 rings (SSSR count). The van der Waals surface area contributed by atoms with Crippen molar-refractivity contribution in [3.8, 4) is 0 Å². The first-order chi connectivity index (χ1) is 22.9. The zero-order valence-electron chi connectivity index (χ0n) is 27.2. The summed E-state index contributed by atoms with van der Waals surface area (Å²) in [6.07, 6.45) is 5.26. The zero-order valence-corrected chi connectivity index (χ0v) is 28.8. The van der Waals surface area contributed by atoms with Gasteiger partial charge in [0.15, 0.2) is 0 Å². The molecule has 0 aliphatic heterocycles. The second kappa shape index (κ2) is 16.9. The molecule has 0 heterocycles. The normalized spacial score (nSPS) is 11.5. The lowest BCUT2D eigenvalue weighted by Gasteiger charge is -2.25. The van der Waals surface area contributed by atoms with Crippen LogP contribution in [-0.4, -0.2) is 54.3 Å². The van der Waals surface area contributed by atoms with Crippen LogP contribution in [0.3, 0.4) is 0 Å². The quantitative estimate of drug-likeness (QED) is 0.144. The molecule has 0 spiro atoms. The monoisotopic (exact) mass is 690 g/mol. The molecule has 254 valence electrons. The van der Waals surface area contributed by atoms with Crippen LogP contribution in [0.4, 0.5) is 11.4 Å². The SMILES string of the molecule is CS(=O)(=O)N(Cc1ccccc1)c1ccccc1C(=O)NCCCCCCNC(=O)c1ccccc1N(Cc1ccccc1)S(C)(=O)=O. The van der Waals surface area contributed by atoms with Gasteiger partial charge in [-0.15, -0.1) is 0 Å². The number of para-hydroxylation sites is 2. The molecule has 0 aliphatic carbocycles. The highest BCUT2D eigenvalue weighted by atomic mass is 32.2. The number of amides is 2. The van der Waals surface area contributed by atoms with Crippen LogP contribution in [0.2, 0.25) is 0 Å². The minimum absolute atomic E-state index is 0.107. The summed E-state index contributed by atoms with van der Waals surface area (Å²) < 4.78 is 53.3. The van der Waals surface area contributed by atoms with Crippen molar-refractivity contribution >= 4 is 43.2 Å².